The fourth-order valence-corrected chi connectivity index (χ4v) is 4.05. The summed E-state index contributed by atoms with van der Waals surface area (Å²) in [5.41, 5.74) is 0.770. The van der Waals surface area contributed by atoms with E-state index in [9.17, 15) is 24.8 Å². The highest BCUT2D eigenvalue weighted by Crippen LogP contribution is 2.39. The largest absolute Gasteiger partial charge is 0.507 e. The molecule has 32 heavy (non-hydrogen) atoms. The van der Waals surface area contributed by atoms with Crippen LogP contribution in [0.4, 0.5) is 5.69 Å². The van der Waals surface area contributed by atoms with Crippen molar-refractivity contribution in [1.82, 2.24) is 9.80 Å². The van der Waals surface area contributed by atoms with Crippen molar-refractivity contribution in [3.63, 3.8) is 0 Å². The number of ketones is 1. The molecule has 1 N–H and O–H groups in total. The first-order chi connectivity index (χ1) is 15.3. The first-order valence-corrected chi connectivity index (χ1v) is 11.1. The van der Waals surface area contributed by atoms with Crippen LogP contribution in [-0.4, -0.2) is 57.7 Å². The Morgan fingerprint density at radius 1 is 1.09 bits per heavy atom. The molecular formula is C23H24BrN3O5. The Labute approximate surface area is 194 Å². The average Bonchev–Trinajstić information content (AvgIpc) is 3.04. The maximum absolute atomic E-state index is 13.0. The number of rotatable bonds is 8. The number of nitro groups is 1. The third kappa shape index (κ3) is 4.73. The van der Waals surface area contributed by atoms with Crippen molar-refractivity contribution in [2.45, 2.75) is 19.9 Å². The molecule has 1 amide bonds. The topological polar surface area (TPSA) is 104 Å². The van der Waals surface area contributed by atoms with Crippen LogP contribution in [0.15, 0.2) is 58.6 Å². The van der Waals surface area contributed by atoms with Crippen LogP contribution in [0.3, 0.4) is 0 Å². The first kappa shape index (κ1) is 23.6. The van der Waals surface area contributed by atoms with Crippen LogP contribution in [0.1, 0.15) is 31.0 Å². The zero-order chi connectivity index (χ0) is 23.4. The molecule has 0 spiro atoms. The number of carbonyl (C=O) groups excluding carboxylic acids is 2. The molecule has 0 saturated carbocycles. The van der Waals surface area contributed by atoms with Crippen molar-refractivity contribution < 1.29 is 19.6 Å². The number of benzene rings is 2. The monoisotopic (exact) mass is 501 g/mol. The summed E-state index contributed by atoms with van der Waals surface area (Å²) < 4.78 is 0.844. The maximum atomic E-state index is 13.0. The summed E-state index contributed by atoms with van der Waals surface area (Å²) >= 11 is 3.39. The number of hydrogen-bond donors (Lipinski definition) is 1. The Hall–Kier alpha value is -3.04. The van der Waals surface area contributed by atoms with Gasteiger partial charge in [0.25, 0.3) is 17.4 Å². The molecule has 9 heteroatoms. The number of likely N-dealkylation sites (N-methyl/N-ethyl adjacent to an activating group) is 1. The summed E-state index contributed by atoms with van der Waals surface area (Å²) in [7, 11) is 0. The lowest BCUT2D eigenvalue weighted by Gasteiger charge is -2.28. The van der Waals surface area contributed by atoms with Crippen molar-refractivity contribution >= 4 is 39.1 Å². The number of hydrogen-bond acceptors (Lipinski definition) is 6. The number of carbonyl (C=O) groups is 2. The normalized spacial score (nSPS) is 17.9. The summed E-state index contributed by atoms with van der Waals surface area (Å²) in [5.74, 6) is -1.79. The van der Waals surface area contributed by atoms with Gasteiger partial charge in [-0.05, 0) is 42.9 Å². The maximum Gasteiger partial charge on any atom is 0.295 e. The van der Waals surface area contributed by atoms with Gasteiger partial charge < -0.3 is 14.9 Å². The molecule has 0 radical (unpaired) electrons. The van der Waals surface area contributed by atoms with E-state index < -0.39 is 22.7 Å². The number of amides is 1. The molecule has 3 rings (SSSR count). The molecule has 8 nitrogen and oxygen atoms in total. The molecule has 0 aliphatic carbocycles. The van der Waals surface area contributed by atoms with Crippen molar-refractivity contribution in [2.75, 3.05) is 26.2 Å². The van der Waals surface area contributed by atoms with Gasteiger partial charge in [-0.15, -0.1) is 0 Å². The van der Waals surface area contributed by atoms with Crippen molar-refractivity contribution in [1.29, 1.82) is 0 Å². The number of Topliss-reactive ketones (excluding diaryl/α,β-unsaturated/α-hetero) is 1. The zero-order valence-electron chi connectivity index (χ0n) is 17.8. The van der Waals surface area contributed by atoms with Crippen molar-refractivity contribution in [2.24, 2.45) is 0 Å². The second kappa shape index (κ2) is 10.1. The smallest absolute Gasteiger partial charge is 0.295 e. The van der Waals surface area contributed by atoms with Crippen LogP contribution in [0.25, 0.3) is 5.76 Å². The molecule has 168 valence electrons. The fourth-order valence-electron chi connectivity index (χ4n) is 3.79. The predicted molar refractivity (Wildman–Crippen MR) is 124 cm³/mol. The van der Waals surface area contributed by atoms with E-state index >= 15 is 0 Å². The summed E-state index contributed by atoms with van der Waals surface area (Å²) in [6, 6.07) is 11.7. The van der Waals surface area contributed by atoms with Gasteiger partial charge in [0, 0.05) is 35.3 Å². The average molecular weight is 502 g/mol. The molecule has 1 fully saturated rings. The fraction of sp³-hybridized carbons (Fsp3) is 0.304. The minimum atomic E-state index is -0.770. The molecule has 1 heterocycles. The highest BCUT2D eigenvalue weighted by molar-refractivity contribution is 9.10. The molecule has 2 aromatic carbocycles. The Morgan fingerprint density at radius 2 is 1.69 bits per heavy atom. The van der Waals surface area contributed by atoms with Gasteiger partial charge in [0.1, 0.15) is 5.76 Å². The summed E-state index contributed by atoms with van der Waals surface area (Å²) in [5, 5.41) is 21.9. The van der Waals surface area contributed by atoms with Gasteiger partial charge in [-0.25, -0.2) is 0 Å². The van der Waals surface area contributed by atoms with E-state index in [2.05, 4.69) is 20.8 Å². The Kier molecular flexibility index (Phi) is 7.42. The first-order valence-electron chi connectivity index (χ1n) is 10.3. The molecule has 0 bridgehead atoms. The molecule has 1 unspecified atom stereocenters. The standard InChI is InChI=1S/C23H24BrN3O5/c1-3-25(4-2)13-14-26-20(15-5-9-17(24)10-6-15)19(22(29)23(26)30)21(28)16-7-11-18(12-8-16)27(31)32/h5-12,20,28H,3-4,13-14H2,1-2H3. The van der Waals surface area contributed by atoms with Gasteiger partial charge in [0.15, 0.2) is 0 Å². The number of non-ortho nitro benzene ring substituents is 1. The number of aliphatic hydroxyl groups excluding tert-OH is 1. The van der Waals surface area contributed by atoms with Gasteiger partial charge in [-0.3, -0.25) is 19.7 Å². The third-order valence-corrected chi connectivity index (χ3v) is 6.16. The van der Waals surface area contributed by atoms with Crippen molar-refractivity contribution in [3.05, 3.63) is 79.8 Å². The second-order valence-electron chi connectivity index (χ2n) is 7.37. The lowest BCUT2D eigenvalue weighted by molar-refractivity contribution is -0.384. The van der Waals surface area contributed by atoms with Crippen LogP contribution < -0.4 is 0 Å². The Bertz CT molecular complexity index is 1050. The second-order valence-corrected chi connectivity index (χ2v) is 8.29. The molecule has 1 aliphatic rings. The number of likely N-dealkylation sites (tertiary alicyclic amines) is 1. The van der Waals surface area contributed by atoms with Gasteiger partial charge in [-0.2, -0.15) is 0 Å². The molecule has 0 aromatic heterocycles. The van der Waals surface area contributed by atoms with Crippen LogP contribution in [-0.2, 0) is 9.59 Å². The van der Waals surface area contributed by atoms with Crippen molar-refractivity contribution in [3.8, 4) is 0 Å². The van der Waals surface area contributed by atoms with Crippen LogP contribution in [0.5, 0.6) is 0 Å². The Morgan fingerprint density at radius 3 is 2.22 bits per heavy atom. The van der Waals surface area contributed by atoms with Gasteiger partial charge in [0.2, 0.25) is 0 Å². The number of aliphatic hydroxyl groups is 1. The highest BCUT2D eigenvalue weighted by Gasteiger charge is 2.45. The van der Waals surface area contributed by atoms with Gasteiger partial charge in [0.05, 0.1) is 16.5 Å². The highest BCUT2D eigenvalue weighted by atomic mass is 79.9. The summed E-state index contributed by atoms with van der Waals surface area (Å²) in [6.07, 6.45) is 0. The summed E-state index contributed by atoms with van der Waals surface area (Å²) in [6.45, 7) is 6.59. The minimum Gasteiger partial charge on any atom is -0.507 e. The number of nitro benzene ring substituents is 1. The van der Waals surface area contributed by atoms with E-state index in [1.165, 1.54) is 29.2 Å². The SMILES string of the molecule is CCN(CC)CCN1C(=O)C(=O)C(=C(O)c2ccc([N+](=O)[O-])cc2)C1c1ccc(Br)cc1. The van der Waals surface area contributed by atoms with E-state index in [4.69, 9.17) is 0 Å². The van der Waals surface area contributed by atoms with E-state index in [1.807, 2.05) is 26.0 Å². The molecule has 1 saturated heterocycles. The Balaban J connectivity index is 2.08. The van der Waals surface area contributed by atoms with E-state index in [1.54, 1.807) is 12.1 Å². The third-order valence-electron chi connectivity index (χ3n) is 5.63. The summed E-state index contributed by atoms with van der Waals surface area (Å²) in [4.78, 5) is 40.0. The lowest BCUT2D eigenvalue weighted by atomic mass is 9.95. The van der Waals surface area contributed by atoms with Gasteiger partial charge in [-0.1, -0.05) is 41.9 Å². The lowest BCUT2D eigenvalue weighted by Crippen LogP contribution is -2.38. The minimum absolute atomic E-state index is 0.0225. The van der Waals surface area contributed by atoms with E-state index in [0.717, 1.165) is 17.6 Å². The molecule has 1 aliphatic heterocycles. The van der Waals surface area contributed by atoms with Crippen LogP contribution >= 0.6 is 15.9 Å². The van der Waals surface area contributed by atoms with Gasteiger partial charge >= 0.3 is 0 Å². The molecule has 2 aromatic rings. The van der Waals surface area contributed by atoms with Crippen LogP contribution in [0, 0.1) is 10.1 Å². The zero-order valence-corrected chi connectivity index (χ0v) is 19.4. The van der Waals surface area contributed by atoms with Crippen LogP contribution in [0.2, 0.25) is 0 Å². The number of halogens is 1. The number of nitrogens with zero attached hydrogens (tertiary/aromatic N) is 3. The van der Waals surface area contributed by atoms with E-state index in [-0.39, 0.29) is 22.6 Å². The van der Waals surface area contributed by atoms with E-state index in [0.29, 0.717) is 18.7 Å². The molecular weight excluding hydrogens is 478 g/mol. The quantitative estimate of drug-likeness (QED) is 0.192. The predicted octanol–water partition coefficient (Wildman–Crippen LogP) is 4.12. The molecule has 1 atom stereocenters.